The molecule has 6 heteroatoms. The average molecular weight is 386 g/mol. The molecular formula is C23H22N4O2. The molecule has 6 nitrogen and oxygen atoms in total. The van der Waals surface area contributed by atoms with Crippen LogP contribution in [0, 0.1) is 18.3 Å². The number of hydrogen-bond acceptors (Lipinski definition) is 4. The van der Waals surface area contributed by atoms with Crippen molar-refractivity contribution in [3.05, 3.63) is 64.1 Å². The van der Waals surface area contributed by atoms with Crippen molar-refractivity contribution in [2.45, 2.75) is 20.4 Å². The highest BCUT2D eigenvalue weighted by molar-refractivity contribution is 6.06. The molecule has 0 saturated carbocycles. The molecule has 1 N–H and O–H groups in total. The summed E-state index contributed by atoms with van der Waals surface area (Å²) in [5, 5.41) is 20.0. The van der Waals surface area contributed by atoms with E-state index in [0.29, 0.717) is 35.2 Å². The molecule has 1 aliphatic rings. The van der Waals surface area contributed by atoms with Gasteiger partial charge in [-0.1, -0.05) is 25.1 Å². The van der Waals surface area contributed by atoms with Gasteiger partial charge < -0.3 is 9.67 Å². The molecule has 0 amide bonds. The number of para-hydroxylation sites is 1. The molecule has 0 unspecified atom stereocenters. The predicted molar refractivity (Wildman–Crippen MR) is 112 cm³/mol. The van der Waals surface area contributed by atoms with Crippen LogP contribution in [0.25, 0.3) is 22.6 Å². The molecule has 1 aliphatic heterocycles. The number of fused-ring (bicyclic) bond motifs is 2. The number of carbonyl (C=O) groups is 1. The Morgan fingerprint density at radius 2 is 2.10 bits per heavy atom. The summed E-state index contributed by atoms with van der Waals surface area (Å²) in [5.41, 5.74) is 6.02. The first kappa shape index (κ1) is 18.9. The zero-order valence-electron chi connectivity index (χ0n) is 16.7. The van der Waals surface area contributed by atoms with Crippen LogP contribution < -0.4 is 0 Å². The zero-order valence-corrected chi connectivity index (χ0v) is 16.7. The minimum Gasteiger partial charge on any atom is -0.478 e. The summed E-state index contributed by atoms with van der Waals surface area (Å²) in [6, 6.07) is 11.5. The number of benzene rings is 1. The van der Waals surface area contributed by atoms with Gasteiger partial charge in [-0.2, -0.15) is 5.26 Å². The van der Waals surface area contributed by atoms with Crippen LogP contribution in [0.4, 0.5) is 0 Å². The lowest BCUT2D eigenvalue weighted by atomic mass is 9.92. The highest BCUT2D eigenvalue weighted by Crippen LogP contribution is 2.34. The van der Waals surface area contributed by atoms with Gasteiger partial charge in [0, 0.05) is 36.8 Å². The van der Waals surface area contributed by atoms with E-state index in [4.69, 9.17) is 4.98 Å². The van der Waals surface area contributed by atoms with Crippen LogP contribution in [-0.4, -0.2) is 38.6 Å². The number of aromatic nitrogens is 2. The predicted octanol–water partition coefficient (Wildman–Crippen LogP) is 3.83. The van der Waals surface area contributed by atoms with Crippen LogP contribution in [0.15, 0.2) is 30.3 Å². The first-order valence-corrected chi connectivity index (χ1v) is 9.59. The number of carboxylic acids is 1. The van der Waals surface area contributed by atoms with E-state index in [1.165, 1.54) is 0 Å². The number of nitrogens with zero attached hydrogens (tertiary/aromatic N) is 4. The second kappa shape index (κ2) is 7.19. The van der Waals surface area contributed by atoms with E-state index in [2.05, 4.69) is 17.9 Å². The van der Waals surface area contributed by atoms with Gasteiger partial charge in [0.25, 0.3) is 0 Å². The molecule has 3 aromatic rings. The Morgan fingerprint density at radius 3 is 2.76 bits per heavy atom. The molecule has 1 aromatic carbocycles. The van der Waals surface area contributed by atoms with Gasteiger partial charge in [-0.3, -0.25) is 4.90 Å². The largest absolute Gasteiger partial charge is 0.478 e. The third kappa shape index (κ3) is 3.10. The van der Waals surface area contributed by atoms with Crippen molar-refractivity contribution < 1.29 is 9.90 Å². The monoisotopic (exact) mass is 386 g/mol. The van der Waals surface area contributed by atoms with E-state index in [-0.39, 0.29) is 0 Å². The molecule has 0 aliphatic carbocycles. The standard InChI is InChI=1S/C23H22N4O2/c1-4-27-12-16(9-15-10-17(11-24)26(3)14(15)2)22-19(13-27)21(23(28)29)18-7-5-6-8-20(18)25-22/h5-10H,4,12-13H2,1-3H3,(H,28,29). The van der Waals surface area contributed by atoms with Gasteiger partial charge in [-0.05, 0) is 42.8 Å². The van der Waals surface area contributed by atoms with Gasteiger partial charge in [-0.25, -0.2) is 9.78 Å². The van der Waals surface area contributed by atoms with Gasteiger partial charge in [0.1, 0.15) is 11.8 Å². The highest BCUT2D eigenvalue weighted by Gasteiger charge is 2.28. The maximum atomic E-state index is 12.2. The molecule has 146 valence electrons. The third-order valence-electron chi connectivity index (χ3n) is 5.75. The summed E-state index contributed by atoms with van der Waals surface area (Å²) in [6.07, 6.45) is 2.05. The maximum absolute atomic E-state index is 12.2. The van der Waals surface area contributed by atoms with Crippen molar-refractivity contribution in [3.8, 4) is 6.07 Å². The molecule has 0 fully saturated rings. The van der Waals surface area contributed by atoms with Crippen molar-refractivity contribution in [3.63, 3.8) is 0 Å². The van der Waals surface area contributed by atoms with Gasteiger partial charge in [0.2, 0.25) is 0 Å². The number of rotatable bonds is 3. The van der Waals surface area contributed by atoms with E-state index < -0.39 is 5.97 Å². The Hall–Kier alpha value is -3.43. The number of nitriles is 1. The molecular weight excluding hydrogens is 364 g/mol. The number of aromatic carboxylic acids is 1. The lowest BCUT2D eigenvalue weighted by Crippen LogP contribution is -2.31. The van der Waals surface area contributed by atoms with E-state index in [0.717, 1.165) is 34.6 Å². The number of pyridine rings is 1. The van der Waals surface area contributed by atoms with Crippen molar-refractivity contribution in [1.82, 2.24) is 14.5 Å². The molecule has 2 aromatic heterocycles. The first-order chi connectivity index (χ1) is 13.9. The minimum absolute atomic E-state index is 0.331. The zero-order chi connectivity index (χ0) is 20.7. The maximum Gasteiger partial charge on any atom is 0.336 e. The van der Waals surface area contributed by atoms with Gasteiger partial charge in [0.05, 0.1) is 16.8 Å². The van der Waals surface area contributed by atoms with Crippen LogP contribution in [-0.2, 0) is 13.6 Å². The van der Waals surface area contributed by atoms with Crippen molar-refractivity contribution >= 4 is 28.5 Å². The van der Waals surface area contributed by atoms with Gasteiger partial charge in [-0.15, -0.1) is 0 Å². The van der Waals surface area contributed by atoms with E-state index >= 15 is 0 Å². The van der Waals surface area contributed by atoms with E-state index in [1.54, 1.807) is 0 Å². The van der Waals surface area contributed by atoms with Crippen LogP contribution in [0.2, 0.25) is 0 Å². The van der Waals surface area contributed by atoms with Crippen LogP contribution in [0.3, 0.4) is 0 Å². The summed E-state index contributed by atoms with van der Waals surface area (Å²) < 4.78 is 1.87. The minimum atomic E-state index is -0.931. The normalized spacial score (nSPS) is 15.4. The average Bonchev–Trinajstić information content (AvgIpc) is 2.99. The molecule has 3 heterocycles. The Kier molecular flexibility index (Phi) is 4.69. The Labute approximate surface area is 169 Å². The molecule has 29 heavy (non-hydrogen) atoms. The lowest BCUT2D eigenvalue weighted by molar-refractivity contribution is 0.0696. The first-order valence-electron chi connectivity index (χ1n) is 9.59. The summed E-state index contributed by atoms with van der Waals surface area (Å²) in [4.78, 5) is 19.2. The van der Waals surface area contributed by atoms with Crippen molar-refractivity contribution in [2.24, 2.45) is 7.05 Å². The van der Waals surface area contributed by atoms with Gasteiger partial charge in [0.15, 0.2) is 0 Å². The summed E-state index contributed by atoms with van der Waals surface area (Å²) in [6.45, 7) is 6.09. The topological polar surface area (TPSA) is 82.2 Å². The lowest BCUT2D eigenvalue weighted by Gasteiger charge is -2.30. The smallest absolute Gasteiger partial charge is 0.336 e. The highest BCUT2D eigenvalue weighted by atomic mass is 16.4. The van der Waals surface area contributed by atoms with Crippen LogP contribution >= 0.6 is 0 Å². The molecule has 0 spiro atoms. The Bertz CT molecular complexity index is 1210. The fraction of sp³-hybridized carbons (Fsp3) is 0.261. The second-order valence-electron chi connectivity index (χ2n) is 7.35. The van der Waals surface area contributed by atoms with Crippen LogP contribution in [0.5, 0.6) is 0 Å². The van der Waals surface area contributed by atoms with Crippen molar-refractivity contribution in [2.75, 3.05) is 13.1 Å². The fourth-order valence-electron chi connectivity index (χ4n) is 4.01. The fourth-order valence-corrected chi connectivity index (χ4v) is 4.01. The quantitative estimate of drug-likeness (QED) is 0.740. The number of hydrogen-bond donors (Lipinski definition) is 1. The Balaban J connectivity index is 2.00. The number of carboxylic acid groups (broad SMARTS) is 1. The molecule has 4 rings (SSSR count). The SMILES string of the molecule is CCN1CC(=Cc2cc(C#N)n(C)c2C)c2nc3ccccc3c(C(=O)O)c2C1. The molecule has 0 saturated heterocycles. The van der Waals surface area contributed by atoms with Crippen LogP contribution in [0.1, 0.15) is 45.5 Å². The third-order valence-corrected chi connectivity index (χ3v) is 5.75. The van der Waals surface area contributed by atoms with E-state index in [1.807, 2.05) is 54.9 Å². The molecule has 0 radical (unpaired) electrons. The molecule has 0 bridgehead atoms. The number of likely N-dealkylation sites (N-methyl/N-ethyl adjacent to an activating group) is 1. The van der Waals surface area contributed by atoms with E-state index in [9.17, 15) is 15.2 Å². The molecule has 0 atom stereocenters. The Morgan fingerprint density at radius 1 is 1.34 bits per heavy atom. The second-order valence-corrected chi connectivity index (χ2v) is 7.35. The summed E-state index contributed by atoms with van der Waals surface area (Å²) in [7, 11) is 1.87. The summed E-state index contributed by atoms with van der Waals surface area (Å²) >= 11 is 0. The van der Waals surface area contributed by atoms with Gasteiger partial charge >= 0.3 is 5.97 Å². The summed E-state index contributed by atoms with van der Waals surface area (Å²) in [5.74, 6) is -0.931. The van der Waals surface area contributed by atoms with Crippen molar-refractivity contribution in [1.29, 1.82) is 5.26 Å².